The van der Waals surface area contributed by atoms with E-state index in [-0.39, 0.29) is 18.4 Å². The first-order valence-electron chi connectivity index (χ1n) is 8.15. The number of carbonyl (C=O) groups is 2. The molecule has 122 valence electrons. The molecule has 4 heteroatoms. The third-order valence-corrected chi connectivity index (χ3v) is 3.75. The van der Waals surface area contributed by atoms with Crippen LogP contribution in [0.2, 0.25) is 0 Å². The van der Waals surface area contributed by atoms with Gasteiger partial charge in [-0.3, -0.25) is 9.59 Å². The Morgan fingerprint density at radius 2 is 1.68 bits per heavy atom. The van der Waals surface area contributed by atoms with Gasteiger partial charge in [0.1, 0.15) is 0 Å². The number of carbonyl (C=O) groups excluding carboxylic acids is 2. The van der Waals surface area contributed by atoms with Crippen LogP contribution in [0.15, 0.2) is 30.3 Å². The average Bonchev–Trinajstić information content (AvgIpc) is 2.52. The summed E-state index contributed by atoms with van der Waals surface area (Å²) in [5.74, 6) is -0.0155. The SMILES string of the molecule is CCCCCN(CC(=O)N(CC)Cc1ccccc1)C(C)=O. The van der Waals surface area contributed by atoms with Crippen molar-refractivity contribution in [3.05, 3.63) is 35.9 Å². The van der Waals surface area contributed by atoms with Crippen molar-refractivity contribution in [1.82, 2.24) is 9.80 Å². The Labute approximate surface area is 134 Å². The molecule has 1 aromatic carbocycles. The summed E-state index contributed by atoms with van der Waals surface area (Å²) in [7, 11) is 0. The maximum Gasteiger partial charge on any atom is 0.242 e. The number of hydrogen-bond acceptors (Lipinski definition) is 2. The predicted octanol–water partition coefficient (Wildman–Crippen LogP) is 3.07. The highest BCUT2D eigenvalue weighted by molar-refractivity contribution is 5.83. The van der Waals surface area contributed by atoms with Crippen molar-refractivity contribution in [2.75, 3.05) is 19.6 Å². The van der Waals surface area contributed by atoms with E-state index in [4.69, 9.17) is 0 Å². The minimum Gasteiger partial charge on any atom is -0.337 e. The zero-order valence-corrected chi connectivity index (χ0v) is 14.0. The first kappa shape index (κ1) is 18.2. The lowest BCUT2D eigenvalue weighted by molar-refractivity contribution is -0.139. The molecule has 22 heavy (non-hydrogen) atoms. The Morgan fingerprint density at radius 1 is 1.00 bits per heavy atom. The van der Waals surface area contributed by atoms with Crippen LogP contribution in [-0.2, 0) is 16.1 Å². The summed E-state index contributed by atoms with van der Waals surface area (Å²) in [5.41, 5.74) is 1.11. The van der Waals surface area contributed by atoms with Crippen molar-refractivity contribution >= 4 is 11.8 Å². The fourth-order valence-electron chi connectivity index (χ4n) is 2.34. The Kier molecular flexibility index (Phi) is 8.26. The van der Waals surface area contributed by atoms with E-state index in [9.17, 15) is 9.59 Å². The van der Waals surface area contributed by atoms with Gasteiger partial charge in [-0.2, -0.15) is 0 Å². The normalized spacial score (nSPS) is 10.3. The van der Waals surface area contributed by atoms with Gasteiger partial charge in [-0.05, 0) is 18.9 Å². The van der Waals surface area contributed by atoms with Crippen LogP contribution in [0.4, 0.5) is 0 Å². The molecule has 2 amide bonds. The predicted molar refractivity (Wildman–Crippen MR) is 89.3 cm³/mol. The molecular weight excluding hydrogens is 276 g/mol. The Balaban J connectivity index is 2.59. The molecule has 1 aromatic rings. The molecule has 0 saturated heterocycles. The van der Waals surface area contributed by atoms with Gasteiger partial charge in [0.2, 0.25) is 11.8 Å². The summed E-state index contributed by atoms with van der Waals surface area (Å²) in [6.45, 7) is 7.72. The van der Waals surface area contributed by atoms with Crippen LogP contribution in [0.3, 0.4) is 0 Å². The molecule has 0 fully saturated rings. The first-order valence-corrected chi connectivity index (χ1v) is 8.15. The molecule has 0 atom stereocenters. The highest BCUT2D eigenvalue weighted by atomic mass is 16.2. The Bertz CT molecular complexity index is 459. The third kappa shape index (κ3) is 6.29. The molecule has 0 saturated carbocycles. The highest BCUT2D eigenvalue weighted by Gasteiger charge is 2.18. The second-order valence-electron chi connectivity index (χ2n) is 5.54. The van der Waals surface area contributed by atoms with Gasteiger partial charge in [0, 0.05) is 26.6 Å². The highest BCUT2D eigenvalue weighted by Crippen LogP contribution is 2.06. The Hall–Kier alpha value is -1.84. The number of unbranched alkanes of at least 4 members (excludes halogenated alkanes) is 2. The standard InChI is InChI=1S/C18H28N2O2/c1-4-6-10-13-20(16(3)21)15-18(22)19(5-2)14-17-11-8-7-9-12-17/h7-9,11-12H,4-6,10,13-15H2,1-3H3. The molecule has 0 aliphatic rings. The number of hydrogen-bond donors (Lipinski definition) is 0. The summed E-state index contributed by atoms with van der Waals surface area (Å²) < 4.78 is 0. The quantitative estimate of drug-likeness (QED) is 0.658. The lowest BCUT2D eigenvalue weighted by Crippen LogP contribution is -2.42. The van der Waals surface area contributed by atoms with Crippen LogP contribution in [0.1, 0.15) is 45.6 Å². The van der Waals surface area contributed by atoms with E-state index in [0.29, 0.717) is 19.6 Å². The van der Waals surface area contributed by atoms with Gasteiger partial charge < -0.3 is 9.80 Å². The van der Waals surface area contributed by atoms with Gasteiger partial charge in [0.25, 0.3) is 0 Å². The molecule has 4 nitrogen and oxygen atoms in total. The van der Waals surface area contributed by atoms with Gasteiger partial charge in [0.15, 0.2) is 0 Å². The van der Waals surface area contributed by atoms with Crippen molar-refractivity contribution in [3.8, 4) is 0 Å². The maximum atomic E-state index is 12.5. The van der Waals surface area contributed by atoms with Crippen LogP contribution in [0.5, 0.6) is 0 Å². The lowest BCUT2D eigenvalue weighted by atomic mass is 10.2. The summed E-state index contributed by atoms with van der Waals surface area (Å²) in [6.07, 6.45) is 3.14. The summed E-state index contributed by atoms with van der Waals surface area (Å²) in [5, 5.41) is 0. The van der Waals surface area contributed by atoms with Crippen molar-refractivity contribution in [3.63, 3.8) is 0 Å². The smallest absolute Gasteiger partial charge is 0.242 e. The van der Waals surface area contributed by atoms with E-state index in [0.717, 1.165) is 24.8 Å². The molecular formula is C18H28N2O2. The second kappa shape index (κ2) is 9.98. The molecule has 0 unspecified atom stereocenters. The molecule has 0 aromatic heterocycles. The van der Waals surface area contributed by atoms with Crippen molar-refractivity contribution in [2.45, 2.75) is 46.6 Å². The summed E-state index contributed by atoms with van der Waals surface area (Å²) in [6, 6.07) is 9.94. The van der Waals surface area contributed by atoms with Gasteiger partial charge in [-0.15, -0.1) is 0 Å². The van der Waals surface area contributed by atoms with Gasteiger partial charge in [-0.1, -0.05) is 50.1 Å². The Morgan fingerprint density at radius 3 is 2.23 bits per heavy atom. The monoisotopic (exact) mass is 304 g/mol. The molecule has 0 heterocycles. The summed E-state index contributed by atoms with van der Waals surface area (Å²) in [4.78, 5) is 27.6. The number of likely N-dealkylation sites (N-methyl/N-ethyl adjacent to an activating group) is 1. The van der Waals surface area contributed by atoms with E-state index < -0.39 is 0 Å². The zero-order valence-electron chi connectivity index (χ0n) is 14.0. The minimum absolute atomic E-state index is 0.0121. The summed E-state index contributed by atoms with van der Waals surface area (Å²) >= 11 is 0. The first-order chi connectivity index (χ1) is 10.6. The van der Waals surface area contributed by atoms with Crippen LogP contribution in [0.25, 0.3) is 0 Å². The molecule has 1 rings (SSSR count). The van der Waals surface area contributed by atoms with E-state index in [2.05, 4.69) is 6.92 Å². The maximum absolute atomic E-state index is 12.5. The number of rotatable bonds is 9. The minimum atomic E-state index is -0.0276. The largest absolute Gasteiger partial charge is 0.337 e. The lowest BCUT2D eigenvalue weighted by Gasteiger charge is -2.26. The van der Waals surface area contributed by atoms with Gasteiger partial charge in [-0.25, -0.2) is 0 Å². The molecule has 0 aliphatic heterocycles. The fourth-order valence-corrected chi connectivity index (χ4v) is 2.34. The van der Waals surface area contributed by atoms with Crippen LogP contribution >= 0.6 is 0 Å². The second-order valence-corrected chi connectivity index (χ2v) is 5.54. The number of benzene rings is 1. The van der Waals surface area contributed by atoms with Crippen LogP contribution in [-0.4, -0.2) is 41.2 Å². The molecule has 0 aliphatic carbocycles. The van der Waals surface area contributed by atoms with E-state index in [1.165, 1.54) is 6.92 Å². The van der Waals surface area contributed by atoms with Crippen molar-refractivity contribution in [1.29, 1.82) is 0 Å². The number of amides is 2. The fraction of sp³-hybridized carbons (Fsp3) is 0.556. The number of nitrogens with zero attached hydrogens (tertiary/aromatic N) is 2. The van der Waals surface area contributed by atoms with Crippen LogP contribution in [0, 0.1) is 0 Å². The van der Waals surface area contributed by atoms with E-state index in [1.54, 1.807) is 9.80 Å². The van der Waals surface area contributed by atoms with E-state index >= 15 is 0 Å². The molecule has 0 radical (unpaired) electrons. The van der Waals surface area contributed by atoms with E-state index in [1.807, 2.05) is 37.3 Å². The zero-order chi connectivity index (χ0) is 16.4. The third-order valence-electron chi connectivity index (χ3n) is 3.75. The van der Waals surface area contributed by atoms with Gasteiger partial charge in [0.05, 0.1) is 6.54 Å². The average molecular weight is 304 g/mol. The van der Waals surface area contributed by atoms with Crippen molar-refractivity contribution < 1.29 is 9.59 Å². The van der Waals surface area contributed by atoms with Crippen molar-refractivity contribution in [2.24, 2.45) is 0 Å². The molecule has 0 N–H and O–H groups in total. The topological polar surface area (TPSA) is 40.6 Å². The van der Waals surface area contributed by atoms with Crippen LogP contribution < -0.4 is 0 Å². The molecule has 0 bridgehead atoms. The molecule has 0 spiro atoms. The van der Waals surface area contributed by atoms with Gasteiger partial charge >= 0.3 is 0 Å².